The number of primary amides is 1. The molecule has 1 fully saturated rings. The predicted octanol–water partition coefficient (Wildman–Crippen LogP) is 2.51. The number of unbranched alkanes of at least 4 members (excludes halogenated alkanes) is 2. The number of carboxylic acids is 1. The number of likely N-dealkylation sites (N-methyl/N-ethyl adjacent to an activating group) is 2. The van der Waals surface area contributed by atoms with Gasteiger partial charge in [0.1, 0.15) is 12.1 Å². The van der Waals surface area contributed by atoms with Crippen molar-refractivity contribution in [1.82, 2.24) is 46.2 Å². The molecule has 480 valence electrons. The molecule has 11 amide bonds. The maximum absolute atomic E-state index is 14.3. The molecule has 2 aromatic rings. The summed E-state index contributed by atoms with van der Waals surface area (Å²) in [6, 6.07) is 11.5. The Hall–Kier alpha value is -7.77. The number of carbonyl (C=O) groups excluding carboxylic acids is 10. The lowest BCUT2D eigenvalue weighted by atomic mass is 9.90. The van der Waals surface area contributed by atoms with Gasteiger partial charge in [-0.25, -0.2) is 9.59 Å². The van der Waals surface area contributed by atoms with Crippen LogP contribution in [0.2, 0.25) is 0 Å². The van der Waals surface area contributed by atoms with E-state index in [4.69, 9.17) is 15.2 Å². The second kappa shape index (κ2) is 36.4. The summed E-state index contributed by atoms with van der Waals surface area (Å²) in [6.07, 6.45) is 5.47. The number of hydrogen-bond donors (Lipinski definition) is 8. The predicted molar refractivity (Wildman–Crippen MR) is 325 cm³/mol. The molecule has 2 unspecified atom stereocenters. The first-order valence-electron chi connectivity index (χ1n) is 30.1. The molecule has 2 aliphatic rings. The first-order chi connectivity index (χ1) is 41.4. The zero-order chi connectivity index (χ0) is 64.3. The van der Waals surface area contributed by atoms with Crippen molar-refractivity contribution < 1.29 is 67.3 Å². The Balaban J connectivity index is 1.29. The average molecular weight is 1220 g/mol. The van der Waals surface area contributed by atoms with E-state index in [1.54, 1.807) is 55.3 Å². The summed E-state index contributed by atoms with van der Waals surface area (Å²) < 4.78 is 11.9. The summed E-state index contributed by atoms with van der Waals surface area (Å²) in [7, 11) is 6.43. The number of methoxy groups -OCH3 is 2. The number of ether oxygens (including phenoxy) is 2. The first-order valence-corrected chi connectivity index (χ1v) is 30.1. The molecule has 25 nitrogen and oxygen atoms in total. The van der Waals surface area contributed by atoms with Crippen molar-refractivity contribution in [3.63, 3.8) is 0 Å². The van der Waals surface area contributed by atoms with E-state index < -0.39 is 78.1 Å². The normalized spacial score (nSPS) is 16.7. The Morgan fingerprint density at radius 3 is 2.05 bits per heavy atom. The van der Waals surface area contributed by atoms with Crippen LogP contribution in [0.5, 0.6) is 0 Å². The molecule has 87 heavy (non-hydrogen) atoms. The number of rotatable bonds is 38. The highest BCUT2D eigenvalue weighted by atomic mass is 16.5. The second-order valence-electron chi connectivity index (χ2n) is 22.9. The number of urea groups is 1. The molecule has 0 saturated carbocycles. The summed E-state index contributed by atoms with van der Waals surface area (Å²) in [4.78, 5) is 148. The molecule has 2 aliphatic heterocycles. The van der Waals surface area contributed by atoms with Gasteiger partial charge in [0, 0.05) is 78.1 Å². The van der Waals surface area contributed by atoms with Gasteiger partial charge < -0.3 is 62.0 Å². The van der Waals surface area contributed by atoms with Gasteiger partial charge in [-0.3, -0.25) is 53.0 Å². The van der Waals surface area contributed by atoms with Crippen LogP contribution in [0.3, 0.4) is 0 Å². The third kappa shape index (κ3) is 22.8. The minimum atomic E-state index is -1.17. The number of nitrogens with one attached hydrogen (secondary N) is 6. The van der Waals surface area contributed by atoms with Crippen molar-refractivity contribution in [2.24, 2.45) is 23.5 Å². The largest absolute Gasteiger partial charge is 0.480 e. The zero-order valence-electron chi connectivity index (χ0n) is 52.0. The van der Waals surface area contributed by atoms with Crippen LogP contribution in [-0.2, 0) is 70.3 Å². The van der Waals surface area contributed by atoms with Crippen LogP contribution in [0.15, 0.2) is 66.7 Å². The molecular weight excluding hydrogens is 1120 g/mol. The lowest BCUT2D eigenvalue weighted by Crippen LogP contribution is -2.55. The molecule has 2 aromatic carbocycles. The van der Waals surface area contributed by atoms with E-state index in [1.807, 2.05) is 57.8 Å². The van der Waals surface area contributed by atoms with Gasteiger partial charge in [-0.05, 0) is 87.1 Å². The van der Waals surface area contributed by atoms with Crippen molar-refractivity contribution in [2.45, 2.75) is 154 Å². The quantitative estimate of drug-likeness (QED) is 0.0354. The number of nitrogens with zero attached hydrogens (tertiary/aromatic N) is 4. The van der Waals surface area contributed by atoms with Crippen LogP contribution in [-0.4, -0.2) is 200 Å². The molecule has 0 bridgehead atoms. The van der Waals surface area contributed by atoms with Crippen LogP contribution >= 0.6 is 0 Å². The van der Waals surface area contributed by atoms with E-state index in [0.29, 0.717) is 70.1 Å². The summed E-state index contributed by atoms with van der Waals surface area (Å²) in [5.41, 5.74) is 7.29. The molecule has 2 heterocycles. The van der Waals surface area contributed by atoms with E-state index in [0.717, 1.165) is 16.0 Å². The number of amides is 11. The minimum absolute atomic E-state index is 0.0814. The molecule has 0 radical (unpaired) electrons. The van der Waals surface area contributed by atoms with E-state index in [9.17, 15) is 57.8 Å². The summed E-state index contributed by atoms with van der Waals surface area (Å²) >= 11 is 0. The van der Waals surface area contributed by atoms with Crippen LogP contribution in [0.25, 0.3) is 0 Å². The van der Waals surface area contributed by atoms with Crippen LogP contribution < -0.4 is 37.6 Å². The highest BCUT2D eigenvalue weighted by Gasteiger charge is 2.43. The number of hydrogen-bond acceptors (Lipinski definition) is 14. The van der Waals surface area contributed by atoms with E-state index in [1.165, 1.54) is 31.3 Å². The molecule has 0 spiro atoms. The molecule has 25 heteroatoms. The summed E-state index contributed by atoms with van der Waals surface area (Å²) in [6.45, 7) is 10.0. The van der Waals surface area contributed by atoms with Gasteiger partial charge in [-0.15, -0.1) is 0 Å². The number of carboxylic acid groups (broad SMARTS) is 1. The topological polar surface area (TPSA) is 338 Å². The molecule has 0 aromatic heterocycles. The number of nitrogens with two attached hydrogens (primary N) is 1. The maximum Gasteiger partial charge on any atom is 0.326 e. The fourth-order valence-electron chi connectivity index (χ4n) is 11.2. The third-order valence-electron chi connectivity index (χ3n) is 16.2. The van der Waals surface area contributed by atoms with Gasteiger partial charge >= 0.3 is 12.0 Å². The smallest absolute Gasteiger partial charge is 0.326 e. The SMILES string of the molecule is CC[C@H](C)C([C@@H](CC(=O)N1CCC[C@H]1[C@H](OC)[C@@H](C)C(=O)N[C@@H](Cc1ccccc1)C(=O)O)OC)N(C)C(=O)CNC(=O)C(C(C)C)N(C)CCc1ccc(NC(=O)[C@H](CCCNC(N)=O)NC(=O)CNC(=O)CCCCCN2C(=O)C=CC2=O)cc1. The average Bonchev–Trinajstić information content (AvgIpc) is 4.13. The van der Waals surface area contributed by atoms with Crippen LogP contribution in [0, 0.1) is 17.8 Å². The number of imide groups is 1. The Morgan fingerprint density at radius 2 is 1.44 bits per heavy atom. The Bertz CT molecular complexity index is 2660. The highest BCUT2D eigenvalue weighted by molar-refractivity contribution is 6.12. The fourth-order valence-corrected chi connectivity index (χ4v) is 11.2. The first kappa shape index (κ1) is 71.7. The Morgan fingerprint density at radius 1 is 0.759 bits per heavy atom. The molecule has 1 saturated heterocycles. The van der Waals surface area contributed by atoms with Gasteiger partial charge in [0.25, 0.3) is 11.8 Å². The van der Waals surface area contributed by atoms with Gasteiger partial charge in [-0.2, -0.15) is 0 Å². The zero-order valence-corrected chi connectivity index (χ0v) is 52.0. The molecule has 4 rings (SSSR count). The number of anilines is 1. The van der Waals surface area contributed by atoms with Gasteiger partial charge in [0.2, 0.25) is 41.4 Å². The molecule has 9 N–H and O–H groups in total. The molecular formula is C62H93N11O14. The van der Waals surface area contributed by atoms with Crippen molar-refractivity contribution in [1.29, 1.82) is 0 Å². The van der Waals surface area contributed by atoms with Gasteiger partial charge in [0.15, 0.2) is 0 Å². The van der Waals surface area contributed by atoms with Crippen molar-refractivity contribution in [3.8, 4) is 0 Å². The molecule has 0 aliphatic carbocycles. The van der Waals surface area contributed by atoms with Crippen molar-refractivity contribution in [2.75, 3.05) is 72.9 Å². The van der Waals surface area contributed by atoms with Gasteiger partial charge in [0.05, 0.1) is 55.8 Å². The Labute approximate surface area is 511 Å². The number of carbonyl (C=O) groups is 11. The van der Waals surface area contributed by atoms with Crippen LogP contribution in [0.4, 0.5) is 10.5 Å². The van der Waals surface area contributed by atoms with E-state index >= 15 is 0 Å². The van der Waals surface area contributed by atoms with Crippen molar-refractivity contribution in [3.05, 3.63) is 77.9 Å². The van der Waals surface area contributed by atoms with E-state index in [2.05, 4.69) is 31.9 Å². The summed E-state index contributed by atoms with van der Waals surface area (Å²) in [5, 5.41) is 26.0. The number of aliphatic carboxylic acids is 1. The lowest BCUT2D eigenvalue weighted by molar-refractivity contribution is -0.147. The standard InChI is InChI=1S/C62H93N11O14/c1-10-40(4)56(48(86-8)36-53(78)72-33-18-22-47(72)57(87-9)41(5)58(80)69-46(61(83)84)35-43-19-13-11-14-20-43)71(7)54(79)38-66-60(82)55(39(2)3)70(6)34-30-42-24-26-44(27-25-42)67-59(81)45(21-17-31-64-62(63)85)68-50(75)37-65-49(74)23-15-12-16-32-73-51(76)28-29-52(73)77/h11,13-14,19-20,24-29,39-41,45-48,55-57H,10,12,15-18,21-23,30-38H2,1-9H3,(H,65,74)(H,66,82)(H,67,81)(H,68,75)(H,69,80)(H,83,84)(H3,63,64,85)/t40-,41+,45-,46-,47-,48+,55?,56?,57+/m0/s1. The maximum atomic E-state index is 14.3. The summed E-state index contributed by atoms with van der Waals surface area (Å²) in [5.74, 6) is -5.97. The monoisotopic (exact) mass is 1220 g/mol. The van der Waals surface area contributed by atoms with Gasteiger partial charge in [-0.1, -0.05) is 89.9 Å². The minimum Gasteiger partial charge on any atom is -0.480 e. The number of likely N-dealkylation sites (tertiary alicyclic amines) is 1. The second-order valence-corrected chi connectivity index (χ2v) is 22.9. The van der Waals surface area contributed by atoms with Crippen LogP contribution in [0.1, 0.15) is 110 Å². The number of benzene rings is 2. The fraction of sp³-hybridized carbons (Fsp3) is 0.597. The lowest BCUT2D eigenvalue weighted by Gasteiger charge is -2.39. The third-order valence-corrected chi connectivity index (χ3v) is 16.2. The van der Waals surface area contributed by atoms with Crippen molar-refractivity contribution >= 4 is 70.9 Å². The molecule has 9 atom stereocenters. The van der Waals surface area contributed by atoms with E-state index in [-0.39, 0.29) is 99.1 Å². The Kier molecular flexibility index (Phi) is 30.0. The highest BCUT2D eigenvalue weighted by Crippen LogP contribution is 2.30.